The van der Waals surface area contributed by atoms with Gasteiger partial charge in [0.25, 0.3) is 5.91 Å². The first kappa shape index (κ1) is 17.0. The molecule has 1 aromatic rings. The molecule has 0 bridgehead atoms. The molecule has 0 spiro atoms. The monoisotopic (exact) mass is 327 g/mol. The standard InChI is InChI=1S/C15H15Cl2NOS/c1-3-4-5-12(20-2)8-9-18-15(19)13-10-11(16)6-7-14(13)17/h5-7,10H,8-9H2,1-2H3,(H,18,19)/b12-5-. The minimum atomic E-state index is -0.223. The van der Waals surface area contributed by atoms with E-state index in [2.05, 4.69) is 17.2 Å². The SMILES string of the molecule is CC#C/C=C(/CCNC(=O)c1cc(Cl)ccc1Cl)SC. The van der Waals surface area contributed by atoms with E-state index in [9.17, 15) is 4.79 Å². The molecule has 106 valence electrons. The van der Waals surface area contributed by atoms with Gasteiger partial charge >= 0.3 is 0 Å². The molecule has 0 unspecified atom stereocenters. The molecule has 1 aromatic carbocycles. The van der Waals surface area contributed by atoms with E-state index in [1.54, 1.807) is 36.9 Å². The van der Waals surface area contributed by atoms with Crippen LogP contribution in [0.25, 0.3) is 0 Å². The Bertz CT molecular complexity index is 573. The minimum Gasteiger partial charge on any atom is -0.352 e. The van der Waals surface area contributed by atoms with E-state index in [0.29, 0.717) is 22.2 Å². The van der Waals surface area contributed by atoms with E-state index >= 15 is 0 Å². The fourth-order valence-corrected chi connectivity index (χ4v) is 2.31. The Morgan fingerprint density at radius 3 is 2.85 bits per heavy atom. The van der Waals surface area contributed by atoms with Crippen LogP contribution >= 0.6 is 35.0 Å². The number of halogens is 2. The van der Waals surface area contributed by atoms with Gasteiger partial charge in [-0.25, -0.2) is 0 Å². The fraction of sp³-hybridized carbons (Fsp3) is 0.267. The van der Waals surface area contributed by atoms with Gasteiger partial charge < -0.3 is 5.32 Å². The Kier molecular flexibility index (Phi) is 7.61. The molecule has 0 aliphatic heterocycles. The summed E-state index contributed by atoms with van der Waals surface area (Å²) in [5.41, 5.74) is 0.391. The maximum Gasteiger partial charge on any atom is 0.252 e. The van der Waals surface area contributed by atoms with E-state index in [4.69, 9.17) is 23.2 Å². The van der Waals surface area contributed by atoms with Crippen molar-refractivity contribution in [2.75, 3.05) is 12.8 Å². The van der Waals surface area contributed by atoms with E-state index < -0.39 is 0 Å². The maximum atomic E-state index is 12.0. The first-order valence-corrected chi connectivity index (χ1v) is 7.95. The van der Waals surface area contributed by atoms with Crippen molar-refractivity contribution >= 4 is 40.9 Å². The molecule has 1 rings (SSSR count). The third-order valence-corrected chi connectivity index (χ3v) is 3.88. The molecule has 0 aliphatic carbocycles. The average molecular weight is 328 g/mol. The van der Waals surface area contributed by atoms with Crippen LogP contribution in [0.4, 0.5) is 0 Å². The fourth-order valence-electron chi connectivity index (χ4n) is 1.45. The van der Waals surface area contributed by atoms with Gasteiger partial charge in [0.1, 0.15) is 0 Å². The van der Waals surface area contributed by atoms with Gasteiger partial charge in [-0.15, -0.1) is 17.7 Å². The zero-order chi connectivity index (χ0) is 15.0. The summed E-state index contributed by atoms with van der Waals surface area (Å²) in [6.45, 7) is 2.32. The molecule has 0 aliphatic rings. The van der Waals surface area contributed by atoms with Gasteiger partial charge in [0.05, 0.1) is 10.6 Å². The lowest BCUT2D eigenvalue weighted by molar-refractivity contribution is 0.0954. The second-order valence-electron chi connectivity index (χ2n) is 3.84. The predicted octanol–water partition coefficient (Wildman–Crippen LogP) is 4.38. The summed E-state index contributed by atoms with van der Waals surface area (Å²) < 4.78 is 0. The van der Waals surface area contributed by atoms with Crippen LogP contribution in [0.2, 0.25) is 10.0 Å². The average Bonchev–Trinajstić information content (AvgIpc) is 2.45. The number of allylic oxidation sites excluding steroid dienone is 1. The number of thioether (sulfide) groups is 1. The Morgan fingerprint density at radius 2 is 2.20 bits per heavy atom. The van der Waals surface area contributed by atoms with Crippen molar-refractivity contribution in [3.8, 4) is 11.8 Å². The van der Waals surface area contributed by atoms with Crippen LogP contribution in [0.1, 0.15) is 23.7 Å². The lowest BCUT2D eigenvalue weighted by atomic mass is 10.2. The molecule has 1 N–H and O–H groups in total. The van der Waals surface area contributed by atoms with Gasteiger partial charge in [0.2, 0.25) is 0 Å². The van der Waals surface area contributed by atoms with Crippen LogP contribution in [0.5, 0.6) is 0 Å². The van der Waals surface area contributed by atoms with Gasteiger partial charge in [-0.1, -0.05) is 29.1 Å². The normalized spacial score (nSPS) is 10.7. The summed E-state index contributed by atoms with van der Waals surface area (Å²) in [5, 5.41) is 3.71. The molecule has 1 amide bonds. The van der Waals surface area contributed by atoms with Crippen molar-refractivity contribution in [3.05, 3.63) is 44.8 Å². The number of hydrogen-bond donors (Lipinski definition) is 1. The minimum absolute atomic E-state index is 0.223. The van der Waals surface area contributed by atoms with Crippen LogP contribution in [0.3, 0.4) is 0 Å². The highest BCUT2D eigenvalue weighted by atomic mass is 35.5. The van der Waals surface area contributed by atoms with Crippen molar-refractivity contribution in [2.45, 2.75) is 13.3 Å². The van der Waals surface area contributed by atoms with Crippen LogP contribution in [0, 0.1) is 11.8 Å². The van der Waals surface area contributed by atoms with E-state index in [0.717, 1.165) is 11.3 Å². The van der Waals surface area contributed by atoms with Crippen LogP contribution in [-0.4, -0.2) is 18.7 Å². The van der Waals surface area contributed by atoms with E-state index in [1.807, 2.05) is 12.3 Å². The summed E-state index contributed by atoms with van der Waals surface area (Å²) in [5.74, 6) is 5.49. The first-order chi connectivity index (χ1) is 9.58. The number of carbonyl (C=O) groups is 1. The number of carbonyl (C=O) groups excluding carboxylic acids is 1. The number of hydrogen-bond acceptors (Lipinski definition) is 2. The van der Waals surface area contributed by atoms with Crippen LogP contribution in [0.15, 0.2) is 29.2 Å². The smallest absolute Gasteiger partial charge is 0.252 e. The van der Waals surface area contributed by atoms with E-state index in [1.165, 1.54) is 0 Å². The van der Waals surface area contributed by atoms with Gasteiger partial charge in [0, 0.05) is 11.6 Å². The Balaban J connectivity index is 2.59. The zero-order valence-corrected chi connectivity index (χ0v) is 13.6. The molecule has 5 heteroatoms. The molecule has 0 fully saturated rings. The van der Waals surface area contributed by atoms with Gasteiger partial charge in [0.15, 0.2) is 0 Å². The second-order valence-corrected chi connectivity index (χ2v) is 5.62. The lowest BCUT2D eigenvalue weighted by Crippen LogP contribution is -2.24. The quantitative estimate of drug-likeness (QED) is 0.813. The molecular formula is C15H15Cl2NOS. The van der Waals surface area contributed by atoms with Gasteiger partial charge in [-0.3, -0.25) is 4.79 Å². The molecule has 2 nitrogen and oxygen atoms in total. The van der Waals surface area contributed by atoms with Crippen LogP contribution in [-0.2, 0) is 0 Å². The summed E-state index contributed by atoms with van der Waals surface area (Å²) in [6.07, 6.45) is 4.59. The summed E-state index contributed by atoms with van der Waals surface area (Å²) in [4.78, 5) is 13.1. The largest absolute Gasteiger partial charge is 0.352 e. The first-order valence-electron chi connectivity index (χ1n) is 5.97. The van der Waals surface area contributed by atoms with Gasteiger partial charge in [-0.2, -0.15) is 0 Å². The Hall–Kier alpha value is -1.08. The molecular weight excluding hydrogens is 313 g/mol. The van der Waals surface area contributed by atoms with Crippen molar-refractivity contribution in [3.63, 3.8) is 0 Å². The number of benzene rings is 1. The molecule has 0 aromatic heterocycles. The molecule has 0 saturated heterocycles. The highest BCUT2D eigenvalue weighted by Gasteiger charge is 2.10. The second kappa shape index (κ2) is 8.97. The number of nitrogens with one attached hydrogen (secondary N) is 1. The Morgan fingerprint density at radius 1 is 1.45 bits per heavy atom. The lowest BCUT2D eigenvalue weighted by Gasteiger charge is -2.08. The molecule has 20 heavy (non-hydrogen) atoms. The van der Waals surface area contributed by atoms with Crippen molar-refractivity contribution in [1.82, 2.24) is 5.32 Å². The van der Waals surface area contributed by atoms with Crippen LogP contribution < -0.4 is 5.32 Å². The summed E-state index contributed by atoms with van der Waals surface area (Å²) >= 11 is 13.5. The summed E-state index contributed by atoms with van der Waals surface area (Å²) in [6, 6.07) is 4.83. The topological polar surface area (TPSA) is 29.1 Å². The number of rotatable bonds is 5. The molecule has 0 atom stereocenters. The highest BCUT2D eigenvalue weighted by molar-refractivity contribution is 8.02. The highest BCUT2D eigenvalue weighted by Crippen LogP contribution is 2.20. The molecule has 0 heterocycles. The third kappa shape index (κ3) is 5.50. The molecule has 0 saturated carbocycles. The van der Waals surface area contributed by atoms with E-state index in [-0.39, 0.29) is 5.91 Å². The Labute approximate surface area is 133 Å². The van der Waals surface area contributed by atoms with Crippen molar-refractivity contribution in [2.24, 2.45) is 0 Å². The number of amides is 1. The molecule has 0 radical (unpaired) electrons. The van der Waals surface area contributed by atoms with Crippen molar-refractivity contribution in [1.29, 1.82) is 0 Å². The third-order valence-electron chi connectivity index (χ3n) is 2.47. The maximum absolute atomic E-state index is 12.0. The zero-order valence-electron chi connectivity index (χ0n) is 11.3. The predicted molar refractivity (Wildman–Crippen MR) is 88.5 cm³/mol. The summed E-state index contributed by atoms with van der Waals surface area (Å²) in [7, 11) is 0. The van der Waals surface area contributed by atoms with Crippen molar-refractivity contribution < 1.29 is 4.79 Å². The van der Waals surface area contributed by atoms with Gasteiger partial charge in [-0.05, 0) is 48.8 Å².